The molecule has 13 heteroatoms. The molecule has 0 aliphatic heterocycles. The molecule has 0 bridgehead atoms. The highest BCUT2D eigenvalue weighted by Gasteiger charge is 2.19. The van der Waals surface area contributed by atoms with Gasteiger partial charge < -0.3 is 26.3 Å². The van der Waals surface area contributed by atoms with E-state index < -0.39 is 11.8 Å². The molecule has 0 saturated heterocycles. The second-order valence-corrected chi connectivity index (χ2v) is 15.4. The molecule has 0 aliphatic rings. The molecule has 0 aliphatic carbocycles. The summed E-state index contributed by atoms with van der Waals surface area (Å²) in [5.74, 6) is -0.996. The number of nitrogens with one attached hydrogen (secondary N) is 5. The molecule has 0 fully saturated rings. The first-order valence-electron chi connectivity index (χ1n) is 19.2. The number of aromatic amines is 1. The van der Waals surface area contributed by atoms with Crippen LogP contribution in [0.3, 0.4) is 0 Å². The molecule has 5 N–H and O–H groups in total. The highest BCUT2D eigenvalue weighted by atomic mass is 35.5. The number of hydrogen-bond donors (Lipinski definition) is 5. The van der Waals surface area contributed by atoms with Gasteiger partial charge in [0.05, 0.1) is 37.5 Å². The van der Waals surface area contributed by atoms with Crippen molar-refractivity contribution in [3.05, 3.63) is 195 Å². The standard InChI is InChI=1S/C49H31Cl3N6O4/c50-38-25-31(26-39(51)43(38)58-47(60)30-17-21-33(22-18-30)54-49(62)37-14-6-10-28-8-2-4-12-35(28)37)45-55-41-24-23-40(42(52)44(41)57-45)56-46(59)29-15-19-32(20-16-29)53-48(61)36-13-5-9-27-7-1-3-11-34(27)36/h1-26H,(H,53,61)(H,54,62)(H,55,57)(H,56,59)(H,58,60). The smallest absolute Gasteiger partial charge is 0.256 e. The average molecular weight is 874 g/mol. The Balaban J connectivity index is 0.847. The molecule has 62 heavy (non-hydrogen) atoms. The maximum atomic E-state index is 13.3. The van der Waals surface area contributed by atoms with Gasteiger partial charge in [-0.25, -0.2) is 4.98 Å². The van der Waals surface area contributed by atoms with Gasteiger partial charge in [0.15, 0.2) is 0 Å². The number of fused-ring (bicyclic) bond motifs is 3. The number of imidazole rings is 1. The van der Waals surface area contributed by atoms with Crippen molar-refractivity contribution in [2.24, 2.45) is 0 Å². The lowest BCUT2D eigenvalue weighted by molar-refractivity contribution is 0.101. The lowest BCUT2D eigenvalue weighted by Crippen LogP contribution is -2.14. The van der Waals surface area contributed by atoms with Crippen LogP contribution < -0.4 is 21.3 Å². The summed E-state index contributed by atoms with van der Waals surface area (Å²) in [6.07, 6.45) is 0. The van der Waals surface area contributed by atoms with E-state index >= 15 is 0 Å². The first-order chi connectivity index (χ1) is 30.1. The molecule has 0 spiro atoms. The van der Waals surface area contributed by atoms with Gasteiger partial charge >= 0.3 is 0 Å². The summed E-state index contributed by atoms with van der Waals surface area (Å²) in [6, 6.07) is 46.0. The van der Waals surface area contributed by atoms with Crippen LogP contribution in [0.15, 0.2) is 158 Å². The van der Waals surface area contributed by atoms with Gasteiger partial charge in [-0.05, 0) is 106 Å². The number of anilines is 4. The number of aromatic nitrogens is 2. The topological polar surface area (TPSA) is 145 Å². The molecule has 302 valence electrons. The number of rotatable bonds is 9. The minimum absolute atomic E-state index is 0.165. The Bertz CT molecular complexity index is 3230. The first-order valence-corrected chi connectivity index (χ1v) is 20.3. The molecule has 0 atom stereocenters. The fraction of sp³-hybridized carbons (Fsp3) is 0. The number of halogens is 3. The predicted molar refractivity (Wildman–Crippen MR) is 249 cm³/mol. The lowest BCUT2D eigenvalue weighted by Gasteiger charge is -2.12. The van der Waals surface area contributed by atoms with Crippen molar-refractivity contribution in [2.45, 2.75) is 0 Å². The van der Waals surface area contributed by atoms with E-state index in [1.54, 1.807) is 84.9 Å². The Morgan fingerprint density at radius 1 is 0.484 bits per heavy atom. The van der Waals surface area contributed by atoms with Crippen LogP contribution in [-0.4, -0.2) is 33.6 Å². The molecule has 0 radical (unpaired) electrons. The van der Waals surface area contributed by atoms with Gasteiger partial charge in [0.1, 0.15) is 5.82 Å². The number of carbonyl (C=O) groups excluding carboxylic acids is 4. The van der Waals surface area contributed by atoms with Crippen LogP contribution in [0.25, 0.3) is 44.0 Å². The summed E-state index contributed by atoms with van der Waals surface area (Å²) in [4.78, 5) is 60.6. The molecule has 9 aromatic rings. The quantitative estimate of drug-likeness (QED) is 0.0980. The summed E-state index contributed by atoms with van der Waals surface area (Å²) >= 11 is 20.1. The van der Waals surface area contributed by atoms with Crippen LogP contribution in [0.5, 0.6) is 0 Å². The molecular formula is C49H31Cl3N6O4. The van der Waals surface area contributed by atoms with Crippen LogP contribution in [0.2, 0.25) is 15.1 Å². The minimum atomic E-state index is -0.460. The van der Waals surface area contributed by atoms with Crippen molar-refractivity contribution in [3.63, 3.8) is 0 Å². The van der Waals surface area contributed by atoms with E-state index in [0.717, 1.165) is 21.5 Å². The zero-order chi connectivity index (χ0) is 42.9. The maximum absolute atomic E-state index is 13.3. The Kier molecular flexibility index (Phi) is 10.9. The van der Waals surface area contributed by atoms with E-state index in [1.165, 1.54) is 0 Å². The molecule has 9 rings (SSSR count). The fourth-order valence-electron chi connectivity index (χ4n) is 7.14. The van der Waals surface area contributed by atoms with Crippen LogP contribution >= 0.6 is 34.8 Å². The largest absolute Gasteiger partial charge is 0.337 e. The second-order valence-electron chi connectivity index (χ2n) is 14.2. The normalized spacial score (nSPS) is 11.1. The Morgan fingerprint density at radius 2 is 0.968 bits per heavy atom. The third kappa shape index (κ3) is 8.05. The van der Waals surface area contributed by atoms with Crippen LogP contribution in [0.4, 0.5) is 22.7 Å². The molecule has 8 aromatic carbocycles. The molecule has 1 heterocycles. The predicted octanol–water partition coefficient (Wildman–Crippen LogP) is 12.5. The number of benzene rings is 8. The zero-order valence-electron chi connectivity index (χ0n) is 32.2. The third-order valence-electron chi connectivity index (χ3n) is 10.3. The SMILES string of the molecule is O=C(Nc1ccc2nc(-c3cc(Cl)c(NC(=O)c4ccc(NC(=O)c5cccc6ccccc56)cc4)c(Cl)c3)[nH]c2c1Cl)c1ccc(NC(=O)c2cccc3ccccc23)cc1. The molecule has 1 aromatic heterocycles. The van der Waals surface area contributed by atoms with Crippen molar-refractivity contribution in [3.8, 4) is 11.4 Å². The molecule has 0 saturated carbocycles. The van der Waals surface area contributed by atoms with Crippen LogP contribution in [0.1, 0.15) is 41.4 Å². The Morgan fingerprint density at radius 3 is 1.50 bits per heavy atom. The highest BCUT2D eigenvalue weighted by molar-refractivity contribution is 6.41. The van der Waals surface area contributed by atoms with Crippen molar-refractivity contribution in [1.82, 2.24) is 9.97 Å². The van der Waals surface area contributed by atoms with E-state index in [4.69, 9.17) is 34.8 Å². The van der Waals surface area contributed by atoms with Crippen LogP contribution in [0, 0.1) is 0 Å². The molecular weight excluding hydrogens is 843 g/mol. The maximum Gasteiger partial charge on any atom is 0.256 e. The third-order valence-corrected chi connectivity index (χ3v) is 11.3. The molecule has 0 unspecified atom stereocenters. The van der Waals surface area contributed by atoms with E-state index in [0.29, 0.717) is 61.7 Å². The summed E-state index contributed by atoms with van der Waals surface area (Å²) < 4.78 is 0. The van der Waals surface area contributed by atoms with E-state index in [2.05, 4.69) is 31.2 Å². The summed E-state index contributed by atoms with van der Waals surface area (Å²) in [7, 11) is 0. The van der Waals surface area contributed by atoms with Gasteiger partial charge in [-0.3, -0.25) is 19.2 Å². The van der Waals surface area contributed by atoms with Crippen LogP contribution in [-0.2, 0) is 0 Å². The van der Waals surface area contributed by atoms with Gasteiger partial charge in [-0.1, -0.05) is 108 Å². The van der Waals surface area contributed by atoms with Gasteiger partial charge in [0.25, 0.3) is 23.6 Å². The lowest BCUT2D eigenvalue weighted by atomic mass is 10.0. The Hall–Kier alpha value is -7.50. The van der Waals surface area contributed by atoms with Crippen molar-refractivity contribution in [2.75, 3.05) is 21.3 Å². The fourth-order valence-corrected chi connectivity index (χ4v) is 7.98. The van der Waals surface area contributed by atoms with E-state index in [9.17, 15) is 19.2 Å². The average Bonchev–Trinajstić information content (AvgIpc) is 3.74. The number of nitrogens with zero attached hydrogens (tertiary/aromatic N) is 1. The Labute approximate surface area is 368 Å². The summed E-state index contributed by atoms with van der Waals surface area (Å²) in [5, 5.41) is 15.6. The number of carbonyl (C=O) groups is 4. The highest BCUT2D eigenvalue weighted by Crippen LogP contribution is 2.38. The second kappa shape index (κ2) is 16.9. The molecule has 10 nitrogen and oxygen atoms in total. The number of H-pyrrole nitrogens is 1. The summed E-state index contributed by atoms with van der Waals surface area (Å²) in [5.41, 5.74) is 4.87. The van der Waals surface area contributed by atoms with Gasteiger partial charge in [-0.15, -0.1) is 0 Å². The monoisotopic (exact) mass is 872 g/mol. The van der Waals surface area contributed by atoms with E-state index in [-0.39, 0.29) is 32.6 Å². The van der Waals surface area contributed by atoms with E-state index in [1.807, 2.05) is 72.8 Å². The number of amides is 4. The first kappa shape index (κ1) is 39.9. The van der Waals surface area contributed by atoms with Gasteiger partial charge in [-0.2, -0.15) is 0 Å². The summed E-state index contributed by atoms with van der Waals surface area (Å²) in [6.45, 7) is 0. The van der Waals surface area contributed by atoms with Crippen molar-refractivity contribution in [1.29, 1.82) is 0 Å². The van der Waals surface area contributed by atoms with Gasteiger partial charge in [0.2, 0.25) is 0 Å². The minimum Gasteiger partial charge on any atom is -0.337 e. The number of hydrogen-bond acceptors (Lipinski definition) is 5. The van der Waals surface area contributed by atoms with Crippen molar-refractivity contribution >= 4 is 114 Å². The molecule has 4 amide bonds. The zero-order valence-corrected chi connectivity index (χ0v) is 34.5. The van der Waals surface area contributed by atoms with Gasteiger partial charge in [0, 0.05) is 39.2 Å². The van der Waals surface area contributed by atoms with Crippen molar-refractivity contribution < 1.29 is 19.2 Å².